The average molecular weight is 840 g/mol. The Kier molecular flexibility index (Phi) is 9.81. The number of anilines is 3. The van der Waals surface area contributed by atoms with Crippen LogP contribution >= 0.6 is 0 Å². The number of fused-ring (bicyclic) bond motifs is 4. The molecule has 0 aliphatic heterocycles. The van der Waals surface area contributed by atoms with Gasteiger partial charge in [0.05, 0.1) is 16.8 Å². The Morgan fingerprint density at radius 2 is 0.727 bits per heavy atom. The molecule has 0 fully saturated rings. The molecule has 11 aromatic carbocycles. The van der Waals surface area contributed by atoms with E-state index in [9.17, 15) is 0 Å². The number of para-hydroxylation sites is 1. The highest BCUT2D eigenvalue weighted by molar-refractivity contribution is 6.01. The molecule has 0 saturated heterocycles. The minimum Gasteiger partial charge on any atom is -0.309 e. The number of hydrogen-bond acceptors (Lipinski definition) is 1. The van der Waals surface area contributed by atoms with Crippen LogP contribution in [-0.4, -0.2) is 0 Å². The van der Waals surface area contributed by atoms with Crippen molar-refractivity contribution in [1.29, 1.82) is 0 Å². The van der Waals surface area contributed by atoms with E-state index < -0.39 is 5.41 Å². The average Bonchev–Trinajstić information content (AvgIpc) is 3.71. The van der Waals surface area contributed by atoms with E-state index in [1.165, 1.54) is 77.5 Å². The Morgan fingerprint density at radius 3 is 1.45 bits per heavy atom. The predicted molar refractivity (Wildman–Crippen MR) is 278 cm³/mol. The minimum absolute atomic E-state index is 0.532. The first-order valence-electron chi connectivity index (χ1n) is 22.8. The van der Waals surface area contributed by atoms with Crippen LogP contribution in [0.2, 0.25) is 0 Å². The second-order valence-corrected chi connectivity index (χ2v) is 17.2. The van der Waals surface area contributed by atoms with Gasteiger partial charge in [0.2, 0.25) is 0 Å². The second-order valence-electron chi connectivity index (χ2n) is 17.2. The summed E-state index contributed by atoms with van der Waals surface area (Å²) in [7, 11) is 0. The molecule has 0 spiro atoms. The van der Waals surface area contributed by atoms with E-state index in [4.69, 9.17) is 0 Å². The zero-order chi connectivity index (χ0) is 43.9. The lowest BCUT2D eigenvalue weighted by Gasteiger charge is -2.34. The van der Waals surface area contributed by atoms with Crippen molar-refractivity contribution < 1.29 is 0 Å². The maximum Gasteiger partial charge on any atom is 0.0714 e. The summed E-state index contributed by atoms with van der Waals surface area (Å²) in [6.07, 6.45) is 0. The van der Waals surface area contributed by atoms with E-state index >= 15 is 0 Å². The Balaban J connectivity index is 1.08. The van der Waals surface area contributed by atoms with Crippen LogP contribution in [0.4, 0.5) is 17.1 Å². The van der Waals surface area contributed by atoms with E-state index in [1.54, 1.807) is 0 Å². The fourth-order valence-corrected chi connectivity index (χ4v) is 10.6. The summed E-state index contributed by atoms with van der Waals surface area (Å²) >= 11 is 0. The van der Waals surface area contributed by atoms with Crippen LogP contribution in [0.15, 0.2) is 273 Å². The number of rotatable bonds is 9. The third-order valence-electron chi connectivity index (χ3n) is 13.5. The predicted octanol–water partition coefficient (Wildman–Crippen LogP) is 17.3. The molecule has 1 aliphatic rings. The van der Waals surface area contributed by atoms with Crippen LogP contribution in [0, 0.1) is 0 Å². The van der Waals surface area contributed by atoms with Crippen molar-refractivity contribution in [2.45, 2.75) is 5.41 Å². The van der Waals surface area contributed by atoms with E-state index in [0.29, 0.717) is 0 Å². The molecule has 11 aromatic rings. The first-order valence-corrected chi connectivity index (χ1v) is 22.8. The first-order chi connectivity index (χ1) is 32.8. The van der Waals surface area contributed by atoms with Gasteiger partial charge in [0.1, 0.15) is 0 Å². The highest BCUT2D eigenvalue weighted by atomic mass is 15.1. The molecule has 1 heteroatoms. The van der Waals surface area contributed by atoms with Gasteiger partial charge in [-0.25, -0.2) is 0 Å². The largest absolute Gasteiger partial charge is 0.309 e. The fraction of sp³-hybridized carbons (Fsp3) is 0.0154. The summed E-state index contributed by atoms with van der Waals surface area (Å²) < 4.78 is 0. The molecule has 0 radical (unpaired) electrons. The lowest BCUT2D eigenvalue weighted by Crippen LogP contribution is -2.28. The minimum atomic E-state index is -0.532. The van der Waals surface area contributed by atoms with Crippen molar-refractivity contribution in [2.24, 2.45) is 0 Å². The summed E-state index contributed by atoms with van der Waals surface area (Å²) in [6, 6.07) is 100. The van der Waals surface area contributed by atoms with Crippen LogP contribution in [0.1, 0.15) is 22.3 Å². The van der Waals surface area contributed by atoms with Crippen molar-refractivity contribution >= 4 is 27.8 Å². The first kappa shape index (κ1) is 39.1. The Hall–Kier alpha value is -8.52. The molecular formula is C65H45N. The normalized spacial score (nSPS) is 12.4. The van der Waals surface area contributed by atoms with Gasteiger partial charge in [-0.1, -0.05) is 237 Å². The Bertz CT molecular complexity index is 3470. The topological polar surface area (TPSA) is 3.24 Å². The molecule has 66 heavy (non-hydrogen) atoms. The molecule has 12 rings (SSSR count). The van der Waals surface area contributed by atoms with Gasteiger partial charge in [0.15, 0.2) is 0 Å². The van der Waals surface area contributed by atoms with Crippen molar-refractivity contribution in [3.8, 4) is 55.6 Å². The molecule has 0 aromatic heterocycles. The highest BCUT2D eigenvalue weighted by Crippen LogP contribution is 2.60. The standard InChI is InChI=1S/C65H45N/c1-4-20-46(21-5-1)49-24-16-25-50(44-49)47-40-42-55(43-41-47)66(62-38-15-13-33-58(62)52-27-17-26-51(45-52)57-35-18-23-48-22-10-11-32-56(48)57)63-39-19-37-61-64(63)59-34-12-14-36-60(59)65(61,53-28-6-2-7-29-53)54-30-8-3-9-31-54/h1-45H. The zero-order valence-electron chi connectivity index (χ0n) is 36.4. The third-order valence-corrected chi connectivity index (χ3v) is 13.5. The van der Waals surface area contributed by atoms with E-state index in [2.05, 4.69) is 278 Å². The molecule has 310 valence electrons. The van der Waals surface area contributed by atoms with Crippen LogP contribution in [0.3, 0.4) is 0 Å². The second kappa shape index (κ2) is 16.6. The summed E-state index contributed by atoms with van der Waals surface area (Å²) in [4.78, 5) is 2.51. The zero-order valence-corrected chi connectivity index (χ0v) is 36.4. The summed E-state index contributed by atoms with van der Waals surface area (Å²) in [5.74, 6) is 0. The fourth-order valence-electron chi connectivity index (χ4n) is 10.6. The lowest BCUT2D eigenvalue weighted by molar-refractivity contribution is 0.768. The Labute approximate surface area is 387 Å². The van der Waals surface area contributed by atoms with Crippen LogP contribution in [0.25, 0.3) is 66.4 Å². The number of nitrogens with zero attached hydrogens (tertiary/aromatic N) is 1. The monoisotopic (exact) mass is 839 g/mol. The van der Waals surface area contributed by atoms with E-state index in [-0.39, 0.29) is 0 Å². The van der Waals surface area contributed by atoms with Crippen molar-refractivity contribution in [1.82, 2.24) is 0 Å². The van der Waals surface area contributed by atoms with Gasteiger partial charge >= 0.3 is 0 Å². The number of benzene rings is 11. The van der Waals surface area contributed by atoms with Crippen LogP contribution in [-0.2, 0) is 5.41 Å². The van der Waals surface area contributed by atoms with Gasteiger partial charge in [-0.05, 0) is 114 Å². The Morgan fingerprint density at radius 1 is 0.273 bits per heavy atom. The van der Waals surface area contributed by atoms with Gasteiger partial charge in [-0.2, -0.15) is 0 Å². The van der Waals surface area contributed by atoms with Gasteiger partial charge in [-0.3, -0.25) is 0 Å². The van der Waals surface area contributed by atoms with Gasteiger partial charge in [0, 0.05) is 16.8 Å². The summed E-state index contributed by atoms with van der Waals surface area (Å²) in [5, 5.41) is 2.49. The maximum atomic E-state index is 2.51. The quantitative estimate of drug-likeness (QED) is 0.140. The molecule has 0 atom stereocenters. The summed E-state index contributed by atoms with van der Waals surface area (Å²) in [5.41, 5.74) is 19.8. The molecule has 1 nitrogen and oxygen atoms in total. The molecule has 0 unspecified atom stereocenters. The number of hydrogen-bond donors (Lipinski definition) is 0. The van der Waals surface area contributed by atoms with Crippen LogP contribution in [0.5, 0.6) is 0 Å². The molecule has 0 saturated carbocycles. The molecule has 0 N–H and O–H groups in total. The van der Waals surface area contributed by atoms with Crippen molar-refractivity contribution in [3.05, 3.63) is 295 Å². The van der Waals surface area contributed by atoms with Crippen LogP contribution < -0.4 is 4.90 Å². The van der Waals surface area contributed by atoms with Gasteiger partial charge in [-0.15, -0.1) is 0 Å². The molecule has 0 amide bonds. The third kappa shape index (κ3) is 6.56. The summed E-state index contributed by atoms with van der Waals surface area (Å²) in [6.45, 7) is 0. The van der Waals surface area contributed by atoms with E-state index in [0.717, 1.165) is 28.2 Å². The van der Waals surface area contributed by atoms with Gasteiger partial charge < -0.3 is 4.90 Å². The van der Waals surface area contributed by atoms with Crippen molar-refractivity contribution in [3.63, 3.8) is 0 Å². The molecule has 1 aliphatic carbocycles. The van der Waals surface area contributed by atoms with E-state index in [1.807, 2.05) is 0 Å². The molecule has 0 heterocycles. The van der Waals surface area contributed by atoms with Gasteiger partial charge in [0.25, 0.3) is 0 Å². The maximum absolute atomic E-state index is 2.51. The molecule has 0 bridgehead atoms. The highest BCUT2D eigenvalue weighted by Gasteiger charge is 2.47. The van der Waals surface area contributed by atoms with Crippen molar-refractivity contribution in [2.75, 3.05) is 4.90 Å². The molecular weight excluding hydrogens is 795 g/mol. The SMILES string of the molecule is c1ccc(-c2cccc(-c3ccc(N(c4ccccc4-c4cccc(-c5cccc6ccccc56)c4)c4cccc5c4-c4ccccc4C5(c4ccccc4)c4ccccc4)cc3)c2)cc1. The lowest BCUT2D eigenvalue weighted by atomic mass is 9.68. The smallest absolute Gasteiger partial charge is 0.0714 e.